The van der Waals surface area contributed by atoms with Crippen LogP contribution in [0.5, 0.6) is 0 Å². The molecule has 0 saturated heterocycles. The van der Waals surface area contributed by atoms with Gasteiger partial charge in [-0.1, -0.05) is 20.8 Å². The summed E-state index contributed by atoms with van der Waals surface area (Å²) in [6, 6.07) is 0. The Morgan fingerprint density at radius 3 is 2.62 bits per heavy atom. The van der Waals surface area contributed by atoms with Crippen LogP contribution in [0.2, 0.25) is 0 Å². The Labute approximate surface area is 83.6 Å². The van der Waals surface area contributed by atoms with Crippen LogP contribution in [-0.4, -0.2) is 10.1 Å². The van der Waals surface area contributed by atoms with Crippen molar-refractivity contribution in [1.82, 2.24) is 4.98 Å². The fourth-order valence-corrected chi connectivity index (χ4v) is 1.81. The monoisotopic (exact) mass is 199 g/mol. The Morgan fingerprint density at radius 2 is 2.15 bits per heavy atom. The third-order valence-corrected chi connectivity index (χ3v) is 2.81. The van der Waals surface area contributed by atoms with Crippen LogP contribution in [-0.2, 0) is 13.0 Å². The first-order valence-electron chi connectivity index (χ1n) is 4.55. The highest BCUT2D eigenvalue weighted by molar-refractivity contribution is 7.09. The molecule has 1 rings (SSSR count). The van der Waals surface area contributed by atoms with E-state index in [-0.39, 0.29) is 6.61 Å². The molecular weight excluding hydrogens is 182 g/mol. The lowest BCUT2D eigenvalue weighted by Gasteiger charge is -2.16. The zero-order valence-corrected chi connectivity index (χ0v) is 9.32. The molecule has 0 bridgehead atoms. The maximum absolute atomic E-state index is 8.82. The molecule has 0 radical (unpaired) electrons. The maximum Gasteiger partial charge on any atom is 0.0929 e. The van der Waals surface area contributed by atoms with E-state index in [1.807, 2.05) is 5.38 Å². The van der Waals surface area contributed by atoms with Gasteiger partial charge in [-0.2, -0.15) is 0 Å². The van der Waals surface area contributed by atoms with Crippen molar-refractivity contribution in [2.45, 2.75) is 40.2 Å². The summed E-state index contributed by atoms with van der Waals surface area (Å²) < 4.78 is 0. The van der Waals surface area contributed by atoms with Crippen molar-refractivity contribution in [2.75, 3.05) is 0 Å². The van der Waals surface area contributed by atoms with Gasteiger partial charge >= 0.3 is 0 Å². The van der Waals surface area contributed by atoms with E-state index in [1.54, 1.807) is 11.3 Å². The quantitative estimate of drug-likeness (QED) is 0.811. The van der Waals surface area contributed by atoms with E-state index < -0.39 is 0 Å². The van der Waals surface area contributed by atoms with Crippen molar-refractivity contribution >= 4 is 11.3 Å². The van der Waals surface area contributed by atoms with E-state index in [9.17, 15) is 0 Å². The molecule has 0 atom stereocenters. The molecule has 1 heterocycles. The second-order valence-electron chi connectivity index (χ2n) is 4.45. The van der Waals surface area contributed by atoms with E-state index in [0.29, 0.717) is 5.41 Å². The average molecular weight is 199 g/mol. The number of aromatic nitrogens is 1. The van der Waals surface area contributed by atoms with E-state index in [1.165, 1.54) is 0 Å². The molecule has 2 nitrogen and oxygen atoms in total. The molecule has 0 aromatic carbocycles. The Balaban J connectivity index is 2.46. The summed E-state index contributed by atoms with van der Waals surface area (Å²) in [6.45, 7) is 6.75. The molecule has 0 fully saturated rings. The molecule has 1 aromatic rings. The SMILES string of the molecule is CC(C)(C)CCc1nc(CO)cs1. The lowest BCUT2D eigenvalue weighted by atomic mass is 9.91. The van der Waals surface area contributed by atoms with Crippen molar-refractivity contribution < 1.29 is 5.11 Å². The zero-order chi connectivity index (χ0) is 9.90. The van der Waals surface area contributed by atoms with Crippen molar-refractivity contribution in [3.63, 3.8) is 0 Å². The molecule has 1 aromatic heterocycles. The van der Waals surface area contributed by atoms with Crippen molar-refractivity contribution in [2.24, 2.45) is 5.41 Å². The smallest absolute Gasteiger partial charge is 0.0929 e. The molecule has 0 unspecified atom stereocenters. The van der Waals surface area contributed by atoms with E-state index >= 15 is 0 Å². The summed E-state index contributed by atoms with van der Waals surface area (Å²) in [7, 11) is 0. The number of aryl methyl sites for hydroxylation is 1. The molecule has 0 saturated carbocycles. The van der Waals surface area contributed by atoms with Gasteiger partial charge in [-0.15, -0.1) is 11.3 Å². The lowest BCUT2D eigenvalue weighted by molar-refractivity contribution is 0.277. The van der Waals surface area contributed by atoms with Crippen LogP contribution in [0.25, 0.3) is 0 Å². The van der Waals surface area contributed by atoms with Gasteiger partial charge in [0.1, 0.15) is 0 Å². The number of thiazole rings is 1. The Morgan fingerprint density at radius 1 is 1.46 bits per heavy atom. The van der Waals surface area contributed by atoms with Gasteiger partial charge in [0.2, 0.25) is 0 Å². The first-order valence-corrected chi connectivity index (χ1v) is 5.43. The normalized spacial score (nSPS) is 12.0. The minimum atomic E-state index is 0.0615. The van der Waals surface area contributed by atoms with Crippen LogP contribution in [0, 0.1) is 5.41 Å². The summed E-state index contributed by atoms with van der Waals surface area (Å²) in [5.41, 5.74) is 1.17. The summed E-state index contributed by atoms with van der Waals surface area (Å²) in [6.07, 6.45) is 2.17. The Hall–Kier alpha value is -0.410. The third-order valence-electron chi connectivity index (χ3n) is 1.85. The van der Waals surface area contributed by atoms with Crippen molar-refractivity contribution in [3.05, 3.63) is 16.1 Å². The van der Waals surface area contributed by atoms with E-state index in [2.05, 4.69) is 25.8 Å². The second-order valence-corrected chi connectivity index (χ2v) is 5.39. The summed E-state index contributed by atoms with van der Waals surface area (Å²) in [5.74, 6) is 0. The predicted molar refractivity (Wildman–Crippen MR) is 55.8 cm³/mol. The molecule has 0 spiro atoms. The van der Waals surface area contributed by atoms with Crippen molar-refractivity contribution in [3.8, 4) is 0 Å². The molecule has 3 heteroatoms. The number of hydrogen-bond donors (Lipinski definition) is 1. The maximum atomic E-state index is 8.82. The largest absolute Gasteiger partial charge is 0.390 e. The van der Waals surface area contributed by atoms with Crippen LogP contribution in [0.1, 0.15) is 37.9 Å². The molecule has 0 aliphatic rings. The Kier molecular flexibility index (Phi) is 3.45. The van der Waals surface area contributed by atoms with E-state index in [4.69, 9.17) is 5.11 Å². The first kappa shape index (κ1) is 10.7. The fourth-order valence-electron chi connectivity index (χ4n) is 1.02. The van der Waals surface area contributed by atoms with Gasteiger partial charge in [-0.05, 0) is 18.3 Å². The second kappa shape index (κ2) is 4.20. The number of rotatable bonds is 3. The number of nitrogens with zero attached hydrogens (tertiary/aromatic N) is 1. The van der Waals surface area contributed by atoms with E-state index in [0.717, 1.165) is 23.5 Å². The first-order chi connectivity index (χ1) is 6.01. The molecule has 1 N–H and O–H groups in total. The highest BCUT2D eigenvalue weighted by atomic mass is 32.1. The Bertz CT molecular complexity index is 262. The summed E-state index contributed by atoms with van der Waals surface area (Å²) >= 11 is 1.64. The van der Waals surface area contributed by atoms with Crippen molar-refractivity contribution in [1.29, 1.82) is 0 Å². The zero-order valence-electron chi connectivity index (χ0n) is 8.50. The molecular formula is C10H17NOS. The fraction of sp³-hybridized carbons (Fsp3) is 0.700. The van der Waals surface area contributed by atoms with Crippen LogP contribution >= 0.6 is 11.3 Å². The third kappa shape index (κ3) is 3.87. The van der Waals surface area contributed by atoms with Crippen LogP contribution in [0.4, 0.5) is 0 Å². The highest BCUT2D eigenvalue weighted by Crippen LogP contribution is 2.22. The minimum absolute atomic E-state index is 0.0615. The topological polar surface area (TPSA) is 33.1 Å². The minimum Gasteiger partial charge on any atom is -0.390 e. The van der Waals surface area contributed by atoms with Gasteiger partial charge in [0.05, 0.1) is 17.3 Å². The van der Waals surface area contributed by atoms with Crippen LogP contribution < -0.4 is 0 Å². The number of hydrogen-bond acceptors (Lipinski definition) is 3. The summed E-state index contributed by atoms with van der Waals surface area (Å²) in [5, 5.41) is 11.9. The van der Waals surface area contributed by atoms with Gasteiger partial charge in [-0.3, -0.25) is 0 Å². The van der Waals surface area contributed by atoms with Crippen LogP contribution in [0.3, 0.4) is 0 Å². The number of aliphatic hydroxyl groups is 1. The average Bonchev–Trinajstić information content (AvgIpc) is 2.47. The summed E-state index contributed by atoms with van der Waals surface area (Å²) in [4.78, 5) is 4.30. The predicted octanol–water partition coefficient (Wildman–Crippen LogP) is 2.61. The molecule has 0 amide bonds. The van der Waals surface area contributed by atoms with Gasteiger partial charge < -0.3 is 5.11 Å². The molecule has 13 heavy (non-hydrogen) atoms. The molecule has 0 aliphatic carbocycles. The van der Waals surface area contributed by atoms with Gasteiger partial charge in [0.25, 0.3) is 0 Å². The van der Waals surface area contributed by atoms with Gasteiger partial charge in [0.15, 0.2) is 0 Å². The lowest BCUT2D eigenvalue weighted by Crippen LogP contribution is -2.06. The van der Waals surface area contributed by atoms with Gasteiger partial charge in [0, 0.05) is 5.38 Å². The van der Waals surface area contributed by atoms with Crippen LogP contribution in [0.15, 0.2) is 5.38 Å². The molecule has 0 aliphatic heterocycles. The molecule has 74 valence electrons. The highest BCUT2D eigenvalue weighted by Gasteiger charge is 2.11. The standard InChI is InChI=1S/C10H17NOS/c1-10(2,3)5-4-9-11-8(6-12)7-13-9/h7,12H,4-6H2,1-3H3. The van der Waals surface area contributed by atoms with Gasteiger partial charge in [-0.25, -0.2) is 4.98 Å². The number of aliphatic hydroxyl groups excluding tert-OH is 1.